The molecule has 0 radical (unpaired) electrons. The average Bonchev–Trinajstić information content (AvgIpc) is 3.26. The normalized spacial score (nSPS) is 13.3. The van der Waals surface area contributed by atoms with E-state index >= 15 is 0 Å². The minimum absolute atomic E-state index is 0.0694. The number of nitrogens with two attached hydrogens (primary N) is 1. The maximum atomic E-state index is 11.1. The molecule has 2 aromatic carbocycles. The Labute approximate surface area is 180 Å². The molecule has 0 bridgehead atoms. The molecule has 2 amide bonds. The maximum absolute atomic E-state index is 11.1. The number of benzene rings is 2. The molecule has 2 heterocycles. The summed E-state index contributed by atoms with van der Waals surface area (Å²) in [5.74, 6) is 0.151. The molecule has 0 spiro atoms. The third kappa shape index (κ3) is 7.00. The van der Waals surface area contributed by atoms with Gasteiger partial charge in [-0.3, -0.25) is 9.59 Å². The Morgan fingerprint density at radius 2 is 1.59 bits per heavy atom. The van der Waals surface area contributed by atoms with Crippen LogP contribution in [-0.4, -0.2) is 18.4 Å². The number of carbonyl (C=O) groups is 2. The Morgan fingerprint density at radius 1 is 1.03 bits per heavy atom. The van der Waals surface area contributed by atoms with Crippen molar-refractivity contribution in [1.29, 1.82) is 0 Å². The van der Waals surface area contributed by atoms with Gasteiger partial charge in [0.2, 0.25) is 11.8 Å². The summed E-state index contributed by atoms with van der Waals surface area (Å²) in [6.07, 6.45) is 7.81. The van der Waals surface area contributed by atoms with E-state index in [0.717, 1.165) is 39.0 Å². The lowest BCUT2D eigenvalue weighted by Crippen LogP contribution is -2.03. The lowest BCUT2D eigenvalue weighted by atomic mass is 10.1. The van der Waals surface area contributed by atoms with Crippen LogP contribution in [0.25, 0.3) is 6.08 Å². The molecule has 4 N–H and O–H groups in total. The summed E-state index contributed by atoms with van der Waals surface area (Å²) in [6, 6.07) is 11.7. The topological polar surface area (TPSA) is 84.2 Å². The Balaban J connectivity index is 0.000000179. The predicted molar refractivity (Wildman–Crippen MR) is 124 cm³/mol. The van der Waals surface area contributed by atoms with Crippen LogP contribution in [0.15, 0.2) is 59.6 Å². The zero-order chi connectivity index (χ0) is 21.2. The van der Waals surface area contributed by atoms with E-state index in [-0.39, 0.29) is 11.8 Å². The van der Waals surface area contributed by atoms with Gasteiger partial charge in [0.1, 0.15) is 0 Å². The van der Waals surface area contributed by atoms with Crippen LogP contribution in [-0.2, 0) is 22.4 Å². The fourth-order valence-corrected chi connectivity index (χ4v) is 3.09. The Kier molecular flexibility index (Phi) is 8.83. The summed E-state index contributed by atoms with van der Waals surface area (Å²) in [7, 11) is 0. The number of amides is 2. The van der Waals surface area contributed by atoms with E-state index in [2.05, 4.69) is 40.1 Å². The molecule has 6 heteroatoms. The van der Waals surface area contributed by atoms with Gasteiger partial charge in [-0.15, -0.1) is 6.58 Å². The van der Waals surface area contributed by atoms with Gasteiger partial charge in [0.15, 0.2) is 0 Å². The van der Waals surface area contributed by atoms with Crippen molar-refractivity contribution >= 4 is 45.2 Å². The molecule has 0 aliphatic carbocycles. The van der Waals surface area contributed by atoms with Crippen molar-refractivity contribution in [2.24, 2.45) is 5.73 Å². The van der Waals surface area contributed by atoms with Gasteiger partial charge in [-0.05, 0) is 41.3 Å². The number of carbonyl (C=O) groups excluding carboxylic acids is 2. The van der Waals surface area contributed by atoms with Crippen molar-refractivity contribution in [3.63, 3.8) is 0 Å². The first-order valence-electron chi connectivity index (χ1n) is 9.45. The number of rotatable bonds is 3. The summed E-state index contributed by atoms with van der Waals surface area (Å²) in [5, 5.41) is 5.58. The van der Waals surface area contributed by atoms with Crippen LogP contribution in [0.5, 0.6) is 0 Å². The number of nitrogens with one attached hydrogen (secondary N) is 2. The minimum atomic E-state index is 0.0694. The quantitative estimate of drug-likeness (QED) is 0.587. The molecule has 5 nitrogen and oxygen atoms in total. The van der Waals surface area contributed by atoms with Gasteiger partial charge in [0.25, 0.3) is 0 Å². The molecule has 0 fully saturated rings. The SMILES string of the molecule is C=CCC.NC/C=C/c1ccc2c(c1)NC(=O)C2.O=C1Cc2ccc(Br)cc2N1. The zero-order valence-electron chi connectivity index (χ0n) is 16.5. The molecule has 2 aliphatic heterocycles. The molecule has 0 saturated carbocycles. The summed E-state index contributed by atoms with van der Waals surface area (Å²) in [6.45, 7) is 6.07. The van der Waals surface area contributed by atoms with Crippen LogP contribution >= 0.6 is 15.9 Å². The van der Waals surface area contributed by atoms with Gasteiger partial charge >= 0.3 is 0 Å². The maximum Gasteiger partial charge on any atom is 0.228 e. The molecule has 2 aliphatic rings. The lowest BCUT2D eigenvalue weighted by molar-refractivity contribution is -0.115. The summed E-state index contributed by atoms with van der Waals surface area (Å²) >= 11 is 3.33. The number of hydrogen-bond donors (Lipinski definition) is 3. The third-order valence-corrected chi connectivity index (χ3v) is 4.68. The van der Waals surface area contributed by atoms with Gasteiger partial charge < -0.3 is 16.4 Å². The highest BCUT2D eigenvalue weighted by molar-refractivity contribution is 9.10. The number of anilines is 2. The van der Waals surface area contributed by atoms with E-state index in [4.69, 9.17) is 5.73 Å². The highest BCUT2D eigenvalue weighted by atomic mass is 79.9. The second kappa shape index (κ2) is 11.3. The smallest absolute Gasteiger partial charge is 0.228 e. The number of halogens is 1. The van der Waals surface area contributed by atoms with Gasteiger partial charge in [-0.2, -0.15) is 0 Å². The first-order valence-corrected chi connectivity index (χ1v) is 10.2. The first kappa shape index (κ1) is 22.6. The number of fused-ring (bicyclic) bond motifs is 2. The van der Waals surface area contributed by atoms with Crippen molar-refractivity contribution in [2.75, 3.05) is 17.2 Å². The largest absolute Gasteiger partial charge is 0.327 e. The van der Waals surface area contributed by atoms with E-state index < -0.39 is 0 Å². The van der Waals surface area contributed by atoms with Gasteiger partial charge in [0, 0.05) is 22.4 Å². The van der Waals surface area contributed by atoms with Gasteiger partial charge in [-0.1, -0.05) is 59.3 Å². The monoisotopic (exact) mass is 455 g/mol. The molecule has 0 saturated heterocycles. The van der Waals surface area contributed by atoms with Crippen molar-refractivity contribution in [3.8, 4) is 0 Å². The van der Waals surface area contributed by atoms with Crippen molar-refractivity contribution in [2.45, 2.75) is 26.2 Å². The minimum Gasteiger partial charge on any atom is -0.327 e. The molecule has 152 valence electrons. The highest BCUT2D eigenvalue weighted by Crippen LogP contribution is 2.26. The standard InChI is InChI=1S/C11H12N2O.C8H6BrNO.C4H8/c12-5-1-2-8-3-4-9-7-11(14)13-10(9)6-8;9-6-2-1-5-3-8(11)10-7(5)4-6;1-3-4-2/h1-4,6H,5,7,12H2,(H,13,14);1-2,4H,3H2,(H,10,11);3H,1,4H2,2H3/b2-1+;;. The van der Waals surface area contributed by atoms with Gasteiger partial charge in [0.05, 0.1) is 12.8 Å². The van der Waals surface area contributed by atoms with Crippen molar-refractivity contribution in [3.05, 3.63) is 76.3 Å². The Bertz CT molecular complexity index is 922. The van der Waals surface area contributed by atoms with Crippen LogP contribution in [0, 0.1) is 0 Å². The van der Waals surface area contributed by atoms with E-state index in [9.17, 15) is 9.59 Å². The van der Waals surface area contributed by atoms with Crippen LogP contribution in [0.2, 0.25) is 0 Å². The van der Waals surface area contributed by atoms with Crippen LogP contribution in [0.4, 0.5) is 11.4 Å². The predicted octanol–water partition coefficient (Wildman–Crippen LogP) is 4.68. The molecule has 2 aromatic rings. The second-order valence-electron chi connectivity index (χ2n) is 6.50. The highest BCUT2D eigenvalue weighted by Gasteiger charge is 2.17. The Morgan fingerprint density at radius 3 is 2.14 bits per heavy atom. The summed E-state index contributed by atoms with van der Waals surface area (Å²) in [4.78, 5) is 22.0. The summed E-state index contributed by atoms with van der Waals surface area (Å²) < 4.78 is 0.999. The second-order valence-corrected chi connectivity index (χ2v) is 7.42. The first-order chi connectivity index (χ1) is 14.0. The molecule has 0 unspecified atom stereocenters. The zero-order valence-corrected chi connectivity index (χ0v) is 18.1. The van der Waals surface area contributed by atoms with Crippen molar-refractivity contribution in [1.82, 2.24) is 0 Å². The fraction of sp³-hybridized carbons (Fsp3) is 0.217. The van der Waals surface area contributed by atoms with Crippen molar-refractivity contribution < 1.29 is 9.59 Å². The van der Waals surface area contributed by atoms with Gasteiger partial charge in [-0.25, -0.2) is 0 Å². The number of hydrogen-bond acceptors (Lipinski definition) is 3. The molecular formula is C23H26BrN3O2. The average molecular weight is 456 g/mol. The number of allylic oxidation sites excluding steroid dienone is 1. The molecule has 4 rings (SSSR count). The van der Waals surface area contributed by atoms with E-state index in [0.29, 0.717) is 19.4 Å². The van der Waals surface area contributed by atoms with E-state index in [1.807, 2.05) is 54.6 Å². The molecule has 29 heavy (non-hydrogen) atoms. The third-order valence-electron chi connectivity index (χ3n) is 4.19. The molecular weight excluding hydrogens is 430 g/mol. The van der Waals surface area contributed by atoms with Crippen LogP contribution in [0.1, 0.15) is 30.0 Å². The van der Waals surface area contributed by atoms with Crippen LogP contribution < -0.4 is 16.4 Å². The van der Waals surface area contributed by atoms with E-state index in [1.165, 1.54) is 0 Å². The van der Waals surface area contributed by atoms with Crippen LogP contribution in [0.3, 0.4) is 0 Å². The Hall–Kier alpha value is -2.70. The molecule has 0 atom stereocenters. The fourth-order valence-electron chi connectivity index (χ4n) is 2.73. The lowest BCUT2D eigenvalue weighted by Gasteiger charge is -1.99. The van der Waals surface area contributed by atoms with E-state index in [1.54, 1.807) is 0 Å². The molecule has 0 aromatic heterocycles. The summed E-state index contributed by atoms with van der Waals surface area (Å²) in [5.41, 5.74) is 10.4.